The zero-order valence-electron chi connectivity index (χ0n) is 15.6. The number of rotatable bonds is 3. The molecular formula is C18H34N2O3. The maximum absolute atomic E-state index is 12.3. The van der Waals surface area contributed by atoms with E-state index in [1.54, 1.807) is 12.0 Å². The maximum atomic E-state index is 12.3. The molecule has 3 atom stereocenters. The first-order chi connectivity index (χ1) is 10.6. The van der Waals surface area contributed by atoms with Crippen LogP contribution in [0.4, 0.5) is 4.79 Å². The van der Waals surface area contributed by atoms with Gasteiger partial charge in [-0.3, -0.25) is 0 Å². The quantitative estimate of drug-likeness (QED) is 0.865. The molecule has 134 valence electrons. The summed E-state index contributed by atoms with van der Waals surface area (Å²) in [5, 5.41) is 3.75. The van der Waals surface area contributed by atoms with Crippen molar-refractivity contribution < 1.29 is 14.3 Å². The van der Waals surface area contributed by atoms with Gasteiger partial charge in [0.2, 0.25) is 0 Å². The smallest absolute Gasteiger partial charge is 0.410 e. The summed E-state index contributed by atoms with van der Waals surface area (Å²) in [4.78, 5) is 14.1. The van der Waals surface area contributed by atoms with E-state index in [1.807, 2.05) is 20.8 Å². The number of methoxy groups -OCH3 is 1. The predicted molar refractivity (Wildman–Crippen MR) is 91.6 cm³/mol. The third-order valence-electron chi connectivity index (χ3n) is 4.88. The van der Waals surface area contributed by atoms with Gasteiger partial charge in [-0.25, -0.2) is 4.79 Å². The molecule has 1 N–H and O–H groups in total. The Morgan fingerprint density at radius 3 is 2.52 bits per heavy atom. The van der Waals surface area contributed by atoms with E-state index in [9.17, 15) is 4.79 Å². The minimum absolute atomic E-state index is 0.0348. The molecule has 23 heavy (non-hydrogen) atoms. The lowest BCUT2D eigenvalue weighted by Crippen LogP contribution is -2.48. The minimum Gasteiger partial charge on any atom is -0.444 e. The van der Waals surface area contributed by atoms with E-state index in [0.29, 0.717) is 24.5 Å². The standard InChI is InChI=1S/C18H34N2O3/c1-17(2,3)23-16(21)20-11-14(15(12-20)22-6)19-13-8-7-9-18(4,5)10-13/h13-15,19H,7-12H2,1-6H3/t13?,14?,15-/m0/s1. The summed E-state index contributed by atoms with van der Waals surface area (Å²) in [6.07, 6.45) is 4.76. The highest BCUT2D eigenvalue weighted by Crippen LogP contribution is 2.35. The van der Waals surface area contributed by atoms with Crippen molar-refractivity contribution in [1.82, 2.24) is 10.2 Å². The molecule has 0 spiro atoms. The molecule has 2 unspecified atom stereocenters. The highest BCUT2D eigenvalue weighted by molar-refractivity contribution is 5.68. The first-order valence-electron chi connectivity index (χ1n) is 8.86. The fraction of sp³-hybridized carbons (Fsp3) is 0.944. The van der Waals surface area contributed by atoms with Crippen molar-refractivity contribution in [2.24, 2.45) is 5.41 Å². The molecule has 0 bridgehead atoms. The molecule has 2 aliphatic rings. The van der Waals surface area contributed by atoms with Crippen molar-refractivity contribution in [2.45, 2.75) is 84.1 Å². The second kappa shape index (κ2) is 6.98. The molecule has 1 saturated heterocycles. The third-order valence-corrected chi connectivity index (χ3v) is 4.88. The lowest BCUT2D eigenvalue weighted by atomic mass is 9.75. The van der Waals surface area contributed by atoms with Gasteiger partial charge in [0, 0.05) is 19.7 Å². The van der Waals surface area contributed by atoms with Crippen LogP contribution in [0.5, 0.6) is 0 Å². The second-order valence-electron chi connectivity index (χ2n) is 8.89. The number of likely N-dealkylation sites (tertiary alicyclic amines) is 1. The fourth-order valence-electron chi connectivity index (χ4n) is 3.79. The fourth-order valence-corrected chi connectivity index (χ4v) is 3.79. The Morgan fingerprint density at radius 1 is 1.26 bits per heavy atom. The van der Waals surface area contributed by atoms with E-state index >= 15 is 0 Å². The number of carbonyl (C=O) groups excluding carboxylic acids is 1. The molecule has 0 aromatic rings. The molecule has 1 aliphatic heterocycles. The summed E-state index contributed by atoms with van der Waals surface area (Å²) >= 11 is 0. The molecule has 1 aliphatic carbocycles. The van der Waals surface area contributed by atoms with Crippen LogP contribution < -0.4 is 5.32 Å². The number of nitrogens with zero attached hydrogens (tertiary/aromatic N) is 1. The van der Waals surface area contributed by atoms with E-state index < -0.39 is 5.60 Å². The summed E-state index contributed by atoms with van der Waals surface area (Å²) in [5.41, 5.74) is -0.0551. The molecule has 0 radical (unpaired) electrons. The minimum atomic E-state index is -0.460. The van der Waals surface area contributed by atoms with Gasteiger partial charge in [-0.15, -0.1) is 0 Å². The van der Waals surface area contributed by atoms with Gasteiger partial charge < -0.3 is 19.7 Å². The highest BCUT2D eigenvalue weighted by Gasteiger charge is 2.39. The van der Waals surface area contributed by atoms with Gasteiger partial charge in [-0.2, -0.15) is 0 Å². The number of nitrogens with one attached hydrogen (secondary N) is 1. The molecule has 1 amide bonds. The van der Waals surface area contributed by atoms with E-state index in [4.69, 9.17) is 9.47 Å². The van der Waals surface area contributed by atoms with Gasteiger partial charge in [0.05, 0.1) is 18.7 Å². The van der Waals surface area contributed by atoms with Crippen molar-refractivity contribution in [1.29, 1.82) is 0 Å². The number of ether oxygens (including phenoxy) is 2. The van der Waals surface area contributed by atoms with Crippen molar-refractivity contribution >= 4 is 6.09 Å². The van der Waals surface area contributed by atoms with Crippen molar-refractivity contribution in [3.05, 3.63) is 0 Å². The summed E-state index contributed by atoms with van der Waals surface area (Å²) in [5.74, 6) is 0. The van der Waals surface area contributed by atoms with E-state index in [1.165, 1.54) is 25.7 Å². The molecule has 1 saturated carbocycles. The SMILES string of the molecule is CO[C@H]1CN(C(=O)OC(C)(C)C)CC1NC1CCCC(C)(C)C1. The van der Waals surface area contributed by atoms with Gasteiger partial charge in [-0.1, -0.05) is 20.3 Å². The van der Waals surface area contributed by atoms with Crippen LogP contribution in [0, 0.1) is 5.41 Å². The summed E-state index contributed by atoms with van der Waals surface area (Å²) in [6, 6.07) is 0.700. The van der Waals surface area contributed by atoms with Crippen LogP contribution >= 0.6 is 0 Å². The van der Waals surface area contributed by atoms with Crippen molar-refractivity contribution in [3.8, 4) is 0 Å². The Balaban J connectivity index is 1.93. The molecule has 5 nitrogen and oxygen atoms in total. The maximum Gasteiger partial charge on any atom is 0.410 e. The van der Waals surface area contributed by atoms with Gasteiger partial charge in [-0.05, 0) is 45.4 Å². The molecule has 0 aromatic heterocycles. The molecule has 2 rings (SSSR count). The topological polar surface area (TPSA) is 50.8 Å². The molecule has 5 heteroatoms. The van der Waals surface area contributed by atoms with Crippen molar-refractivity contribution in [3.63, 3.8) is 0 Å². The first kappa shape index (κ1) is 18.5. The van der Waals surface area contributed by atoms with Crippen LogP contribution in [-0.4, -0.2) is 55.0 Å². The monoisotopic (exact) mass is 326 g/mol. The van der Waals surface area contributed by atoms with Crippen LogP contribution in [0.1, 0.15) is 60.3 Å². The average Bonchev–Trinajstić information content (AvgIpc) is 2.78. The third kappa shape index (κ3) is 5.35. The summed E-state index contributed by atoms with van der Waals surface area (Å²) in [7, 11) is 1.72. The van der Waals surface area contributed by atoms with Gasteiger partial charge in [0.1, 0.15) is 5.60 Å². The van der Waals surface area contributed by atoms with E-state index in [0.717, 1.165) is 0 Å². The van der Waals surface area contributed by atoms with Crippen LogP contribution in [0.3, 0.4) is 0 Å². The Bertz CT molecular complexity index is 417. The van der Waals surface area contributed by atoms with Crippen LogP contribution in [0.15, 0.2) is 0 Å². The predicted octanol–water partition coefficient (Wildman–Crippen LogP) is 3.18. The normalized spacial score (nSPS) is 31.2. The average molecular weight is 326 g/mol. The van der Waals surface area contributed by atoms with Crippen LogP contribution in [0.2, 0.25) is 0 Å². The Hall–Kier alpha value is -0.810. The molecule has 1 heterocycles. The number of hydrogen-bond donors (Lipinski definition) is 1. The van der Waals surface area contributed by atoms with Crippen LogP contribution in [0.25, 0.3) is 0 Å². The summed E-state index contributed by atoms with van der Waals surface area (Å²) < 4.78 is 11.1. The molecule has 0 aromatic carbocycles. The molecular weight excluding hydrogens is 292 g/mol. The zero-order valence-corrected chi connectivity index (χ0v) is 15.6. The summed E-state index contributed by atoms with van der Waals surface area (Å²) in [6.45, 7) is 11.6. The number of amides is 1. The largest absolute Gasteiger partial charge is 0.444 e. The lowest BCUT2D eigenvalue weighted by molar-refractivity contribution is 0.0252. The van der Waals surface area contributed by atoms with E-state index in [-0.39, 0.29) is 18.2 Å². The van der Waals surface area contributed by atoms with E-state index in [2.05, 4.69) is 19.2 Å². The van der Waals surface area contributed by atoms with Gasteiger partial charge in [0.25, 0.3) is 0 Å². The lowest BCUT2D eigenvalue weighted by Gasteiger charge is -2.37. The van der Waals surface area contributed by atoms with Crippen molar-refractivity contribution in [2.75, 3.05) is 20.2 Å². The number of carbonyl (C=O) groups is 1. The Kier molecular flexibility index (Phi) is 5.62. The second-order valence-corrected chi connectivity index (χ2v) is 8.89. The van der Waals surface area contributed by atoms with Gasteiger partial charge in [0.15, 0.2) is 0 Å². The van der Waals surface area contributed by atoms with Crippen LogP contribution in [-0.2, 0) is 9.47 Å². The van der Waals surface area contributed by atoms with Gasteiger partial charge >= 0.3 is 6.09 Å². The Morgan fingerprint density at radius 2 is 1.96 bits per heavy atom. The number of hydrogen-bond acceptors (Lipinski definition) is 4. The molecule has 2 fully saturated rings. The highest BCUT2D eigenvalue weighted by atomic mass is 16.6. The Labute approximate surface area is 141 Å². The first-order valence-corrected chi connectivity index (χ1v) is 8.86. The zero-order chi connectivity index (χ0) is 17.3.